The molecule has 4 rings (SSSR count). The lowest BCUT2D eigenvalue weighted by atomic mass is 9.97. The summed E-state index contributed by atoms with van der Waals surface area (Å²) in [7, 11) is 0. The van der Waals surface area contributed by atoms with Gasteiger partial charge in [0.25, 0.3) is 17.1 Å². The monoisotopic (exact) mass is 434 g/mol. The Hall–Kier alpha value is -5.00. The molecule has 158 valence electrons. The molecule has 0 fully saturated rings. The van der Waals surface area contributed by atoms with Crippen molar-refractivity contribution in [1.29, 1.82) is 0 Å². The summed E-state index contributed by atoms with van der Waals surface area (Å²) in [5.41, 5.74) is -2.08. The van der Waals surface area contributed by atoms with Gasteiger partial charge in [-0.3, -0.25) is 35.3 Å². The fourth-order valence-corrected chi connectivity index (χ4v) is 3.63. The zero-order valence-corrected chi connectivity index (χ0v) is 15.8. The van der Waals surface area contributed by atoms with Crippen molar-refractivity contribution >= 4 is 34.7 Å². The molecule has 0 unspecified atom stereocenters. The van der Waals surface area contributed by atoms with E-state index in [0.717, 1.165) is 24.3 Å². The Labute approximate surface area is 177 Å². The highest BCUT2D eigenvalue weighted by Gasteiger charge is 2.38. The van der Waals surface area contributed by atoms with Gasteiger partial charge in [0.15, 0.2) is 0 Å². The van der Waals surface area contributed by atoms with Crippen molar-refractivity contribution in [2.24, 2.45) is 0 Å². The maximum Gasteiger partial charge on any atom is 0.336 e. The summed E-state index contributed by atoms with van der Waals surface area (Å²) < 4.78 is 0. The van der Waals surface area contributed by atoms with Gasteiger partial charge < -0.3 is 5.11 Å². The van der Waals surface area contributed by atoms with Gasteiger partial charge in [0, 0.05) is 35.5 Å². The molecular formula is C20H10N4O8. The minimum Gasteiger partial charge on any atom is -0.478 e. The first-order valence-electron chi connectivity index (χ1n) is 8.85. The predicted octanol–water partition coefficient (Wildman–Crippen LogP) is 4.07. The van der Waals surface area contributed by atoms with Crippen LogP contribution >= 0.6 is 0 Å². The van der Waals surface area contributed by atoms with Crippen LogP contribution in [-0.2, 0) is 0 Å². The molecule has 1 N–H and O–H groups in total. The van der Waals surface area contributed by atoms with E-state index in [1.807, 2.05) is 0 Å². The van der Waals surface area contributed by atoms with Gasteiger partial charge in [0.1, 0.15) is 0 Å². The number of nitro groups is 3. The second-order valence-electron chi connectivity index (χ2n) is 6.69. The van der Waals surface area contributed by atoms with Crippen molar-refractivity contribution in [3.8, 4) is 11.1 Å². The molecule has 12 heteroatoms. The summed E-state index contributed by atoms with van der Waals surface area (Å²) in [5.74, 6) is -1.54. The minimum atomic E-state index is -1.54. The summed E-state index contributed by atoms with van der Waals surface area (Å²) in [5, 5.41) is 44.3. The highest BCUT2D eigenvalue weighted by atomic mass is 16.6. The first kappa shape index (κ1) is 20.3. The predicted molar refractivity (Wildman–Crippen MR) is 110 cm³/mol. The van der Waals surface area contributed by atoms with Crippen molar-refractivity contribution in [3.05, 3.63) is 101 Å². The van der Waals surface area contributed by atoms with E-state index in [4.69, 9.17) is 0 Å². The number of non-ortho nitro benzene ring substituents is 2. The van der Waals surface area contributed by atoms with Crippen molar-refractivity contribution in [1.82, 2.24) is 4.98 Å². The quantitative estimate of drug-likeness (QED) is 0.357. The second-order valence-corrected chi connectivity index (χ2v) is 6.69. The molecule has 1 aromatic heterocycles. The number of carboxylic acids is 1. The van der Waals surface area contributed by atoms with Crippen LogP contribution in [0.2, 0.25) is 0 Å². The number of nitro benzene ring substituents is 3. The maximum atomic E-state index is 11.9. The zero-order chi connectivity index (χ0) is 23.2. The van der Waals surface area contributed by atoms with Crippen molar-refractivity contribution in [2.45, 2.75) is 0 Å². The largest absolute Gasteiger partial charge is 0.478 e. The highest BCUT2D eigenvalue weighted by molar-refractivity contribution is 6.14. The van der Waals surface area contributed by atoms with Gasteiger partial charge in [-0.25, -0.2) is 4.79 Å². The van der Waals surface area contributed by atoms with Crippen LogP contribution in [0.25, 0.3) is 22.8 Å². The van der Waals surface area contributed by atoms with Crippen LogP contribution in [0.15, 0.2) is 48.7 Å². The number of hydrogen-bond acceptors (Lipinski definition) is 8. The summed E-state index contributed by atoms with van der Waals surface area (Å²) >= 11 is 0. The van der Waals surface area contributed by atoms with Gasteiger partial charge in [0.2, 0.25) is 0 Å². The van der Waals surface area contributed by atoms with Crippen LogP contribution in [0, 0.1) is 30.3 Å². The topological polar surface area (TPSA) is 180 Å². The molecule has 0 atom stereocenters. The van der Waals surface area contributed by atoms with E-state index in [1.54, 1.807) is 18.2 Å². The Balaban J connectivity index is 2.19. The fraction of sp³-hybridized carbons (Fsp3) is 0. The van der Waals surface area contributed by atoms with E-state index in [0.29, 0.717) is 5.69 Å². The van der Waals surface area contributed by atoms with Crippen LogP contribution in [-0.4, -0.2) is 30.8 Å². The Morgan fingerprint density at radius 3 is 2.03 bits per heavy atom. The summed E-state index contributed by atoms with van der Waals surface area (Å²) in [6, 6.07) is 8.59. The molecule has 0 amide bonds. The standard InChI is InChI=1S/C20H10N4O8/c25-20(26)16-8-11(22(27)28)6-14-13(5-10-3-1-2-4-21-10)15-7-12(23(29)30)9-17(24(31)32)19(15)18(14)16/h1-9H,(H,25,26). The lowest BCUT2D eigenvalue weighted by Crippen LogP contribution is -2.03. The van der Waals surface area contributed by atoms with Gasteiger partial charge in [-0.2, -0.15) is 0 Å². The molecule has 0 spiro atoms. The number of fused-ring (bicyclic) bond motifs is 3. The molecule has 2 aromatic carbocycles. The molecule has 3 aromatic rings. The molecule has 0 bridgehead atoms. The summed E-state index contributed by atoms with van der Waals surface area (Å²) in [4.78, 5) is 48.2. The van der Waals surface area contributed by atoms with E-state index in [1.165, 1.54) is 12.3 Å². The normalized spacial score (nSPS) is 12.8. The first-order chi connectivity index (χ1) is 15.2. The van der Waals surface area contributed by atoms with Crippen LogP contribution < -0.4 is 0 Å². The SMILES string of the molecule is O=C(O)c1cc([N+](=O)[O-])cc2c1-c1c(cc([N+](=O)[O-])cc1[N+](=O)[O-])C2=Cc1ccccn1. The van der Waals surface area contributed by atoms with E-state index < -0.39 is 43.4 Å². The zero-order valence-electron chi connectivity index (χ0n) is 15.8. The van der Waals surface area contributed by atoms with E-state index in [-0.39, 0.29) is 27.8 Å². The number of aromatic nitrogens is 1. The molecule has 32 heavy (non-hydrogen) atoms. The smallest absolute Gasteiger partial charge is 0.336 e. The fourth-order valence-electron chi connectivity index (χ4n) is 3.63. The number of rotatable bonds is 5. The number of carbonyl (C=O) groups is 1. The van der Waals surface area contributed by atoms with Crippen LogP contribution in [0.5, 0.6) is 0 Å². The van der Waals surface area contributed by atoms with Crippen molar-refractivity contribution in [2.75, 3.05) is 0 Å². The molecule has 0 saturated carbocycles. The van der Waals surface area contributed by atoms with E-state index in [2.05, 4.69) is 4.98 Å². The number of hydrogen-bond donors (Lipinski definition) is 1. The van der Waals surface area contributed by atoms with Gasteiger partial charge in [-0.15, -0.1) is 0 Å². The van der Waals surface area contributed by atoms with Gasteiger partial charge >= 0.3 is 5.97 Å². The van der Waals surface area contributed by atoms with E-state index in [9.17, 15) is 40.2 Å². The summed E-state index contributed by atoms with van der Waals surface area (Å²) in [6.07, 6.45) is 2.91. The van der Waals surface area contributed by atoms with Crippen LogP contribution in [0.4, 0.5) is 17.1 Å². The van der Waals surface area contributed by atoms with Crippen molar-refractivity contribution < 1.29 is 24.7 Å². The summed E-state index contributed by atoms with van der Waals surface area (Å²) in [6.45, 7) is 0. The molecule has 0 radical (unpaired) electrons. The molecule has 1 aliphatic rings. The Kier molecular flexibility index (Phi) is 4.66. The third kappa shape index (κ3) is 3.21. The molecular weight excluding hydrogens is 424 g/mol. The highest BCUT2D eigenvalue weighted by Crippen LogP contribution is 2.52. The molecule has 0 saturated heterocycles. The lowest BCUT2D eigenvalue weighted by Gasteiger charge is -2.06. The van der Waals surface area contributed by atoms with Crippen molar-refractivity contribution in [3.63, 3.8) is 0 Å². The van der Waals surface area contributed by atoms with Gasteiger partial charge in [-0.05, 0) is 29.3 Å². The van der Waals surface area contributed by atoms with Crippen LogP contribution in [0.1, 0.15) is 27.2 Å². The number of carboxylic acid groups (broad SMARTS) is 1. The molecule has 1 aliphatic carbocycles. The average molecular weight is 434 g/mol. The molecule has 12 nitrogen and oxygen atoms in total. The number of nitrogens with zero attached hydrogens (tertiary/aromatic N) is 4. The molecule has 1 heterocycles. The average Bonchev–Trinajstić information content (AvgIpc) is 3.06. The lowest BCUT2D eigenvalue weighted by molar-refractivity contribution is -0.393. The van der Waals surface area contributed by atoms with Gasteiger partial charge in [0.05, 0.1) is 37.7 Å². The Morgan fingerprint density at radius 1 is 0.875 bits per heavy atom. The van der Waals surface area contributed by atoms with E-state index >= 15 is 0 Å². The van der Waals surface area contributed by atoms with Crippen LogP contribution in [0.3, 0.4) is 0 Å². The maximum absolute atomic E-state index is 11.9. The third-order valence-corrected chi connectivity index (χ3v) is 4.88. The number of aromatic carboxylic acids is 1. The third-order valence-electron chi connectivity index (χ3n) is 4.88. The minimum absolute atomic E-state index is 0.00884. The first-order valence-corrected chi connectivity index (χ1v) is 8.85. The van der Waals surface area contributed by atoms with Gasteiger partial charge in [-0.1, -0.05) is 6.07 Å². The number of benzene rings is 2. The number of pyridine rings is 1. The second kappa shape index (κ2) is 7.36. The molecule has 0 aliphatic heterocycles. The Bertz CT molecular complexity index is 1300. The Morgan fingerprint density at radius 2 is 1.50 bits per heavy atom.